The number of hydrogen-bond donors (Lipinski definition) is 1. The summed E-state index contributed by atoms with van der Waals surface area (Å²) in [7, 11) is 0. The van der Waals surface area contributed by atoms with Gasteiger partial charge in [-0.2, -0.15) is 5.10 Å². The van der Waals surface area contributed by atoms with Gasteiger partial charge in [-0.15, -0.1) is 0 Å². The first-order chi connectivity index (χ1) is 8.93. The van der Waals surface area contributed by atoms with Gasteiger partial charge in [-0.1, -0.05) is 24.3 Å². The van der Waals surface area contributed by atoms with Gasteiger partial charge in [0.15, 0.2) is 0 Å². The SMILES string of the molecule is c1ccc2[nH]ncc2c1.c1ccn2cccc2c1. The summed E-state index contributed by atoms with van der Waals surface area (Å²) in [6.07, 6.45) is 5.89. The van der Waals surface area contributed by atoms with Crippen molar-refractivity contribution in [2.75, 3.05) is 0 Å². The van der Waals surface area contributed by atoms with Gasteiger partial charge in [-0.3, -0.25) is 5.10 Å². The van der Waals surface area contributed by atoms with Crippen molar-refractivity contribution in [2.24, 2.45) is 0 Å². The Hall–Kier alpha value is -2.55. The van der Waals surface area contributed by atoms with Crippen LogP contribution in [0.15, 0.2) is 73.2 Å². The van der Waals surface area contributed by atoms with Gasteiger partial charge in [0.1, 0.15) is 0 Å². The maximum absolute atomic E-state index is 3.88. The molecular formula is C15H13N3. The quantitative estimate of drug-likeness (QED) is 0.497. The number of aromatic amines is 1. The zero-order valence-electron chi connectivity index (χ0n) is 9.82. The van der Waals surface area contributed by atoms with Crippen LogP contribution in [0.2, 0.25) is 0 Å². The standard InChI is InChI=1S/C8H7N.C7H6N2/c1-2-6-9-7-3-5-8(9)4-1;1-2-4-7-6(3-1)5-8-9-7/h1-7H;1-5H,(H,8,9). The molecule has 0 amide bonds. The Morgan fingerprint density at radius 1 is 0.833 bits per heavy atom. The maximum atomic E-state index is 3.88. The van der Waals surface area contributed by atoms with E-state index in [0.29, 0.717) is 0 Å². The van der Waals surface area contributed by atoms with Crippen LogP contribution >= 0.6 is 0 Å². The van der Waals surface area contributed by atoms with Gasteiger partial charge in [0.2, 0.25) is 0 Å². The summed E-state index contributed by atoms with van der Waals surface area (Å²) in [5.74, 6) is 0. The van der Waals surface area contributed by atoms with E-state index in [-0.39, 0.29) is 0 Å². The van der Waals surface area contributed by atoms with Crippen LogP contribution in [0.5, 0.6) is 0 Å². The minimum absolute atomic E-state index is 1.09. The molecule has 1 N–H and O–H groups in total. The molecular weight excluding hydrogens is 222 g/mol. The Labute approximate surface area is 105 Å². The Balaban J connectivity index is 0.000000111. The highest BCUT2D eigenvalue weighted by atomic mass is 15.1. The lowest BCUT2D eigenvalue weighted by molar-refractivity contribution is 1.12. The Morgan fingerprint density at radius 2 is 1.61 bits per heavy atom. The van der Waals surface area contributed by atoms with Crippen molar-refractivity contribution in [3.8, 4) is 0 Å². The number of fused-ring (bicyclic) bond motifs is 2. The summed E-state index contributed by atoms with van der Waals surface area (Å²) < 4.78 is 2.08. The molecule has 3 heterocycles. The van der Waals surface area contributed by atoms with Crippen molar-refractivity contribution < 1.29 is 0 Å². The molecule has 0 aliphatic rings. The fourth-order valence-corrected chi connectivity index (χ4v) is 1.86. The van der Waals surface area contributed by atoms with Crippen molar-refractivity contribution >= 4 is 16.4 Å². The third-order valence-electron chi connectivity index (χ3n) is 2.79. The normalized spacial score (nSPS) is 10.2. The van der Waals surface area contributed by atoms with E-state index in [2.05, 4.69) is 26.7 Å². The molecule has 4 rings (SSSR count). The van der Waals surface area contributed by atoms with E-state index in [4.69, 9.17) is 0 Å². The van der Waals surface area contributed by atoms with E-state index < -0.39 is 0 Å². The Bertz CT molecular complexity index is 626. The van der Waals surface area contributed by atoms with Gasteiger partial charge in [-0.05, 0) is 30.3 Å². The second kappa shape index (κ2) is 4.75. The first-order valence-corrected chi connectivity index (χ1v) is 5.83. The molecule has 0 saturated carbocycles. The summed E-state index contributed by atoms with van der Waals surface area (Å²) >= 11 is 0. The number of H-pyrrole nitrogens is 1. The van der Waals surface area contributed by atoms with Crippen LogP contribution in [0.25, 0.3) is 16.4 Å². The molecule has 1 aromatic carbocycles. The molecule has 18 heavy (non-hydrogen) atoms. The lowest BCUT2D eigenvalue weighted by Crippen LogP contribution is -1.75. The number of pyridine rings is 1. The third kappa shape index (κ3) is 2.11. The van der Waals surface area contributed by atoms with Crippen molar-refractivity contribution in [3.63, 3.8) is 0 Å². The number of rotatable bonds is 0. The molecule has 4 aromatic rings. The van der Waals surface area contributed by atoms with Crippen LogP contribution in [-0.2, 0) is 0 Å². The molecule has 0 fully saturated rings. The number of benzene rings is 1. The van der Waals surface area contributed by atoms with Crippen LogP contribution in [0.3, 0.4) is 0 Å². The van der Waals surface area contributed by atoms with Crippen LogP contribution < -0.4 is 0 Å². The topological polar surface area (TPSA) is 33.1 Å². The van der Waals surface area contributed by atoms with Crippen LogP contribution in [0.1, 0.15) is 0 Å². The lowest BCUT2D eigenvalue weighted by atomic mass is 10.3. The van der Waals surface area contributed by atoms with Gasteiger partial charge in [-0.25, -0.2) is 0 Å². The first kappa shape index (κ1) is 10.6. The van der Waals surface area contributed by atoms with E-state index in [0.717, 1.165) is 10.9 Å². The van der Waals surface area contributed by atoms with E-state index in [9.17, 15) is 0 Å². The van der Waals surface area contributed by atoms with Crippen LogP contribution in [0.4, 0.5) is 0 Å². The monoisotopic (exact) mass is 235 g/mol. The van der Waals surface area contributed by atoms with Crippen molar-refractivity contribution in [1.82, 2.24) is 14.6 Å². The van der Waals surface area contributed by atoms with Crippen LogP contribution in [-0.4, -0.2) is 14.6 Å². The van der Waals surface area contributed by atoms with E-state index in [1.165, 1.54) is 5.52 Å². The molecule has 0 bridgehead atoms. The predicted octanol–water partition coefficient (Wildman–Crippen LogP) is 3.50. The molecule has 0 unspecified atom stereocenters. The second-order valence-corrected chi connectivity index (χ2v) is 4.00. The number of nitrogens with zero attached hydrogens (tertiary/aromatic N) is 2. The number of nitrogens with one attached hydrogen (secondary N) is 1. The molecule has 3 aromatic heterocycles. The Kier molecular flexibility index (Phi) is 2.80. The number of hydrogen-bond acceptors (Lipinski definition) is 1. The average molecular weight is 235 g/mol. The van der Waals surface area contributed by atoms with Crippen molar-refractivity contribution in [3.05, 3.63) is 73.2 Å². The molecule has 0 spiro atoms. The van der Waals surface area contributed by atoms with Gasteiger partial charge in [0, 0.05) is 23.3 Å². The minimum atomic E-state index is 1.09. The zero-order chi connectivity index (χ0) is 12.2. The van der Waals surface area contributed by atoms with Gasteiger partial charge in [0.25, 0.3) is 0 Å². The predicted molar refractivity (Wildman–Crippen MR) is 73.5 cm³/mol. The van der Waals surface area contributed by atoms with E-state index in [1.807, 2.05) is 61.1 Å². The molecule has 0 aliphatic carbocycles. The minimum Gasteiger partial charge on any atom is -0.324 e. The molecule has 0 atom stereocenters. The summed E-state index contributed by atoms with van der Waals surface area (Å²) in [5.41, 5.74) is 2.34. The van der Waals surface area contributed by atoms with E-state index >= 15 is 0 Å². The van der Waals surface area contributed by atoms with Gasteiger partial charge >= 0.3 is 0 Å². The molecule has 3 nitrogen and oxygen atoms in total. The largest absolute Gasteiger partial charge is 0.324 e. The molecule has 0 saturated heterocycles. The van der Waals surface area contributed by atoms with E-state index in [1.54, 1.807) is 0 Å². The van der Waals surface area contributed by atoms with Gasteiger partial charge < -0.3 is 4.40 Å². The molecule has 0 radical (unpaired) electrons. The van der Waals surface area contributed by atoms with Crippen molar-refractivity contribution in [2.45, 2.75) is 0 Å². The number of aromatic nitrogens is 3. The molecule has 0 aliphatic heterocycles. The fourth-order valence-electron chi connectivity index (χ4n) is 1.86. The maximum Gasteiger partial charge on any atom is 0.0650 e. The smallest absolute Gasteiger partial charge is 0.0650 e. The highest BCUT2D eigenvalue weighted by molar-refractivity contribution is 5.77. The average Bonchev–Trinajstić information content (AvgIpc) is 3.08. The fraction of sp³-hybridized carbons (Fsp3) is 0. The highest BCUT2D eigenvalue weighted by Gasteiger charge is 1.88. The van der Waals surface area contributed by atoms with Crippen LogP contribution in [0, 0.1) is 0 Å². The molecule has 3 heteroatoms. The number of para-hydroxylation sites is 1. The summed E-state index contributed by atoms with van der Waals surface area (Å²) in [5, 5.41) is 7.91. The van der Waals surface area contributed by atoms with Crippen molar-refractivity contribution in [1.29, 1.82) is 0 Å². The lowest BCUT2D eigenvalue weighted by Gasteiger charge is -1.88. The Morgan fingerprint density at radius 3 is 2.50 bits per heavy atom. The summed E-state index contributed by atoms with van der Waals surface area (Å²) in [6, 6.07) is 18.3. The van der Waals surface area contributed by atoms with Gasteiger partial charge in [0.05, 0.1) is 11.7 Å². The first-order valence-electron chi connectivity index (χ1n) is 5.83. The zero-order valence-corrected chi connectivity index (χ0v) is 9.82. The highest BCUT2D eigenvalue weighted by Crippen LogP contribution is 2.07. The summed E-state index contributed by atoms with van der Waals surface area (Å²) in [4.78, 5) is 0. The molecule has 88 valence electrons. The third-order valence-corrected chi connectivity index (χ3v) is 2.79. The second-order valence-electron chi connectivity index (χ2n) is 4.00. The summed E-state index contributed by atoms with van der Waals surface area (Å²) in [6.45, 7) is 0.